The van der Waals surface area contributed by atoms with Gasteiger partial charge in [0.1, 0.15) is 0 Å². The first-order chi connectivity index (χ1) is 8.56. The lowest BCUT2D eigenvalue weighted by molar-refractivity contribution is 0.0688. The zero-order valence-corrected chi connectivity index (χ0v) is 11.2. The van der Waals surface area contributed by atoms with Crippen molar-refractivity contribution in [2.75, 3.05) is 13.2 Å². The van der Waals surface area contributed by atoms with Crippen LogP contribution in [0.15, 0.2) is 0 Å². The van der Waals surface area contributed by atoms with Crippen molar-refractivity contribution < 1.29 is 14.6 Å². The number of aromatic carboxylic acids is 1. The summed E-state index contributed by atoms with van der Waals surface area (Å²) in [6, 6.07) is 0. The summed E-state index contributed by atoms with van der Waals surface area (Å²) in [5.41, 5.74) is 0.735. The fraction of sp³-hybridized carbons (Fsp3) is 0.750. The molecule has 0 unspecified atom stereocenters. The first kappa shape index (κ1) is 14.6. The molecule has 0 saturated heterocycles. The SMILES string of the molecule is CCCc1c(C(=O)O)nnn1CCOCC(C)C. The molecule has 1 rings (SSSR count). The summed E-state index contributed by atoms with van der Waals surface area (Å²) in [5.74, 6) is -0.529. The van der Waals surface area contributed by atoms with Gasteiger partial charge in [0.2, 0.25) is 0 Å². The molecule has 0 radical (unpaired) electrons. The molecule has 18 heavy (non-hydrogen) atoms. The van der Waals surface area contributed by atoms with Crippen LogP contribution in [0, 0.1) is 5.92 Å². The van der Waals surface area contributed by atoms with E-state index in [1.165, 1.54) is 0 Å². The maximum absolute atomic E-state index is 11.0. The lowest BCUT2D eigenvalue weighted by Gasteiger charge is -2.08. The van der Waals surface area contributed by atoms with Gasteiger partial charge in [-0.1, -0.05) is 32.4 Å². The molecule has 1 aromatic heterocycles. The van der Waals surface area contributed by atoms with Gasteiger partial charge in [-0.2, -0.15) is 0 Å². The van der Waals surface area contributed by atoms with Crippen molar-refractivity contribution in [3.05, 3.63) is 11.4 Å². The molecule has 0 aliphatic carbocycles. The lowest BCUT2D eigenvalue weighted by Crippen LogP contribution is -2.14. The van der Waals surface area contributed by atoms with Crippen molar-refractivity contribution in [3.63, 3.8) is 0 Å². The highest BCUT2D eigenvalue weighted by atomic mass is 16.5. The summed E-state index contributed by atoms with van der Waals surface area (Å²) in [7, 11) is 0. The third kappa shape index (κ3) is 4.10. The second-order valence-electron chi connectivity index (χ2n) is 4.63. The summed E-state index contributed by atoms with van der Waals surface area (Å²) in [4.78, 5) is 11.0. The molecular weight excluding hydrogens is 234 g/mol. The lowest BCUT2D eigenvalue weighted by atomic mass is 10.2. The van der Waals surface area contributed by atoms with E-state index in [1.54, 1.807) is 4.68 Å². The Morgan fingerprint density at radius 3 is 2.78 bits per heavy atom. The smallest absolute Gasteiger partial charge is 0.358 e. The average molecular weight is 255 g/mol. The highest BCUT2D eigenvalue weighted by molar-refractivity contribution is 5.86. The van der Waals surface area contributed by atoms with Gasteiger partial charge >= 0.3 is 5.97 Å². The number of carboxylic acids is 1. The van der Waals surface area contributed by atoms with Crippen LogP contribution in [0.5, 0.6) is 0 Å². The standard InChI is InChI=1S/C12H21N3O3/c1-4-5-10-11(12(16)17)13-14-15(10)6-7-18-8-9(2)3/h9H,4-8H2,1-3H3,(H,16,17). The number of carboxylic acid groups (broad SMARTS) is 1. The minimum Gasteiger partial charge on any atom is -0.476 e. The second kappa shape index (κ2) is 7.10. The highest BCUT2D eigenvalue weighted by Crippen LogP contribution is 2.08. The Kier molecular flexibility index (Phi) is 5.77. The Bertz CT molecular complexity index is 388. The summed E-state index contributed by atoms with van der Waals surface area (Å²) in [6.07, 6.45) is 1.53. The summed E-state index contributed by atoms with van der Waals surface area (Å²) >= 11 is 0. The Labute approximate surface area is 107 Å². The average Bonchev–Trinajstić information content (AvgIpc) is 2.68. The minimum absolute atomic E-state index is 0.0562. The molecule has 1 aromatic rings. The van der Waals surface area contributed by atoms with Crippen molar-refractivity contribution in [1.29, 1.82) is 0 Å². The number of hydrogen-bond acceptors (Lipinski definition) is 4. The van der Waals surface area contributed by atoms with E-state index in [9.17, 15) is 4.79 Å². The fourth-order valence-corrected chi connectivity index (χ4v) is 1.63. The van der Waals surface area contributed by atoms with Gasteiger partial charge in [-0.25, -0.2) is 9.48 Å². The molecule has 0 aliphatic heterocycles. The van der Waals surface area contributed by atoms with Crippen LogP contribution in [0.4, 0.5) is 0 Å². The largest absolute Gasteiger partial charge is 0.476 e. The molecule has 102 valence electrons. The van der Waals surface area contributed by atoms with Crippen molar-refractivity contribution >= 4 is 5.97 Å². The molecule has 0 atom stereocenters. The summed E-state index contributed by atoms with van der Waals surface area (Å²) in [6.45, 7) is 7.93. The van der Waals surface area contributed by atoms with Gasteiger partial charge in [0, 0.05) is 6.61 Å². The Balaban J connectivity index is 2.61. The molecule has 6 heteroatoms. The van der Waals surface area contributed by atoms with Crippen LogP contribution >= 0.6 is 0 Å². The van der Waals surface area contributed by atoms with Crippen LogP contribution in [-0.4, -0.2) is 39.3 Å². The molecule has 0 amide bonds. The number of carbonyl (C=O) groups is 1. The summed E-state index contributed by atoms with van der Waals surface area (Å²) in [5, 5.41) is 16.6. The van der Waals surface area contributed by atoms with E-state index >= 15 is 0 Å². The van der Waals surface area contributed by atoms with Gasteiger partial charge in [-0.05, 0) is 12.3 Å². The van der Waals surface area contributed by atoms with E-state index in [1.807, 2.05) is 6.92 Å². The molecule has 1 N–H and O–H groups in total. The van der Waals surface area contributed by atoms with Crippen LogP contribution in [0.1, 0.15) is 43.4 Å². The number of aromatic nitrogens is 3. The summed E-state index contributed by atoms with van der Waals surface area (Å²) < 4.78 is 7.10. The Hall–Kier alpha value is -1.43. The predicted molar refractivity (Wildman–Crippen MR) is 66.6 cm³/mol. The zero-order chi connectivity index (χ0) is 13.5. The van der Waals surface area contributed by atoms with Crippen molar-refractivity contribution in [1.82, 2.24) is 15.0 Å². The predicted octanol–water partition coefficient (Wildman–Crippen LogP) is 1.60. The van der Waals surface area contributed by atoms with E-state index in [0.717, 1.165) is 6.42 Å². The number of ether oxygens (including phenoxy) is 1. The second-order valence-corrected chi connectivity index (χ2v) is 4.63. The molecule has 0 bridgehead atoms. The maximum atomic E-state index is 11.0. The molecule has 0 aromatic carbocycles. The highest BCUT2D eigenvalue weighted by Gasteiger charge is 2.17. The fourth-order valence-electron chi connectivity index (χ4n) is 1.63. The number of rotatable bonds is 8. The molecule has 6 nitrogen and oxygen atoms in total. The van der Waals surface area contributed by atoms with Crippen molar-refractivity contribution in [2.45, 2.75) is 40.2 Å². The quantitative estimate of drug-likeness (QED) is 0.714. The monoisotopic (exact) mass is 255 g/mol. The van der Waals surface area contributed by atoms with Crippen LogP contribution in [0.2, 0.25) is 0 Å². The first-order valence-corrected chi connectivity index (χ1v) is 6.29. The van der Waals surface area contributed by atoms with E-state index in [0.29, 0.717) is 37.8 Å². The maximum Gasteiger partial charge on any atom is 0.358 e. The van der Waals surface area contributed by atoms with Crippen LogP contribution in [-0.2, 0) is 17.7 Å². The number of hydrogen-bond donors (Lipinski definition) is 1. The molecule has 0 spiro atoms. The van der Waals surface area contributed by atoms with Crippen LogP contribution < -0.4 is 0 Å². The van der Waals surface area contributed by atoms with Gasteiger partial charge in [0.05, 0.1) is 18.8 Å². The van der Waals surface area contributed by atoms with Crippen LogP contribution in [0.25, 0.3) is 0 Å². The first-order valence-electron chi connectivity index (χ1n) is 6.29. The van der Waals surface area contributed by atoms with E-state index < -0.39 is 5.97 Å². The van der Waals surface area contributed by atoms with Crippen molar-refractivity contribution in [3.8, 4) is 0 Å². The molecular formula is C12H21N3O3. The molecule has 0 saturated carbocycles. The van der Waals surface area contributed by atoms with E-state index in [4.69, 9.17) is 9.84 Å². The normalized spacial score (nSPS) is 11.1. The van der Waals surface area contributed by atoms with E-state index in [2.05, 4.69) is 24.2 Å². The van der Waals surface area contributed by atoms with Gasteiger partial charge in [0.25, 0.3) is 0 Å². The zero-order valence-electron chi connectivity index (χ0n) is 11.2. The third-order valence-electron chi connectivity index (χ3n) is 2.43. The third-order valence-corrected chi connectivity index (χ3v) is 2.43. The van der Waals surface area contributed by atoms with E-state index in [-0.39, 0.29) is 5.69 Å². The van der Waals surface area contributed by atoms with Gasteiger partial charge in [-0.3, -0.25) is 0 Å². The molecule has 0 fully saturated rings. The molecule has 1 heterocycles. The minimum atomic E-state index is -1.02. The van der Waals surface area contributed by atoms with Gasteiger partial charge < -0.3 is 9.84 Å². The Morgan fingerprint density at radius 2 is 2.22 bits per heavy atom. The number of nitrogens with zero attached hydrogens (tertiary/aromatic N) is 3. The van der Waals surface area contributed by atoms with Crippen molar-refractivity contribution in [2.24, 2.45) is 5.92 Å². The Morgan fingerprint density at radius 1 is 1.50 bits per heavy atom. The molecule has 0 aliphatic rings. The topological polar surface area (TPSA) is 77.2 Å². The van der Waals surface area contributed by atoms with Gasteiger partial charge in [0.15, 0.2) is 5.69 Å². The van der Waals surface area contributed by atoms with Crippen LogP contribution in [0.3, 0.4) is 0 Å². The van der Waals surface area contributed by atoms with Gasteiger partial charge in [-0.15, -0.1) is 5.10 Å².